The second-order valence-corrected chi connectivity index (χ2v) is 7.19. The van der Waals surface area contributed by atoms with Gasteiger partial charge in [0, 0.05) is 5.56 Å². The minimum Gasteiger partial charge on any atom is -0.297 e. The van der Waals surface area contributed by atoms with Crippen LogP contribution in [0.3, 0.4) is 0 Å². The summed E-state index contributed by atoms with van der Waals surface area (Å²) >= 11 is 0. The average Bonchev–Trinajstić information content (AvgIpc) is 2.60. The molecule has 0 saturated heterocycles. The molecule has 2 rings (SSSR count). The molecule has 0 heterocycles. The molecule has 0 aliphatic carbocycles. The van der Waals surface area contributed by atoms with Crippen LogP contribution in [0.4, 0.5) is 4.39 Å². The first-order valence-corrected chi connectivity index (χ1v) is 8.87. The van der Waals surface area contributed by atoms with Crippen LogP contribution in [0.15, 0.2) is 48.5 Å². The molecule has 0 amide bonds. The van der Waals surface area contributed by atoms with Crippen molar-refractivity contribution in [3.63, 3.8) is 0 Å². The molecule has 3 heteroatoms. The van der Waals surface area contributed by atoms with Crippen molar-refractivity contribution in [3.05, 3.63) is 71.0 Å². The Kier molecular flexibility index (Phi) is 6.12. The van der Waals surface area contributed by atoms with E-state index in [2.05, 4.69) is 38.1 Å². The Morgan fingerprint density at radius 2 is 1.60 bits per heavy atom. The third kappa shape index (κ3) is 4.16. The maximum atomic E-state index is 13.3. The molecular weight excluding hydrogens is 313 g/mol. The zero-order chi connectivity index (χ0) is 18.6. The van der Waals surface area contributed by atoms with Gasteiger partial charge in [-0.3, -0.25) is 9.69 Å². The molecule has 0 saturated carbocycles. The normalized spacial score (nSPS) is 13.9. The van der Waals surface area contributed by atoms with Gasteiger partial charge in [0.2, 0.25) is 0 Å². The molecule has 0 aliphatic heterocycles. The molecule has 1 unspecified atom stereocenters. The van der Waals surface area contributed by atoms with Gasteiger partial charge in [-0.15, -0.1) is 0 Å². The number of nitrogens with zero attached hydrogens (tertiary/aromatic N) is 1. The monoisotopic (exact) mass is 341 g/mol. The molecule has 2 aromatic rings. The van der Waals surface area contributed by atoms with Crippen LogP contribution in [0.5, 0.6) is 0 Å². The van der Waals surface area contributed by atoms with E-state index in [-0.39, 0.29) is 11.6 Å². The van der Waals surface area contributed by atoms with E-state index in [0.29, 0.717) is 24.3 Å². The lowest BCUT2D eigenvalue weighted by Crippen LogP contribution is -2.52. The molecule has 2 aromatic carbocycles. The number of rotatable bonds is 7. The number of Topliss-reactive ketones (excluding diaryl/α,β-unsaturated/α-hetero) is 1. The smallest absolute Gasteiger partial charge is 0.183 e. The summed E-state index contributed by atoms with van der Waals surface area (Å²) in [6.07, 6.45) is 1.31. The number of carbonyl (C=O) groups is 1. The molecule has 0 N–H and O–H groups in total. The Bertz CT molecular complexity index is 704. The van der Waals surface area contributed by atoms with Gasteiger partial charge in [-0.1, -0.05) is 45.0 Å². The van der Waals surface area contributed by atoms with Gasteiger partial charge < -0.3 is 0 Å². The van der Waals surface area contributed by atoms with Crippen molar-refractivity contribution in [3.8, 4) is 0 Å². The van der Waals surface area contributed by atoms with Gasteiger partial charge in [0.05, 0.1) is 5.54 Å². The lowest BCUT2D eigenvalue weighted by atomic mass is 9.80. The molecule has 0 bridgehead atoms. The third-order valence-electron chi connectivity index (χ3n) is 5.11. The van der Waals surface area contributed by atoms with Gasteiger partial charge in [-0.25, -0.2) is 4.39 Å². The summed E-state index contributed by atoms with van der Waals surface area (Å²) in [7, 11) is 3.88. The highest BCUT2D eigenvalue weighted by atomic mass is 19.1. The van der Waals surface area contributed by atoms with E-state index in [9.17, 15) is 9.18 Å². The van der Waals surface area contributed by atoms with Crippen molar-refractivity contribution in [1.29, 1.82) is 0 Å². The maximum absolute atomic E-state index is 13.3. The van der Waals surface area contributed by atoms with Crippen molar-refractivity contribution in [1.82, 2.24) is 4.90 Å². The van der Waals surface area contributed by atoms with Gasteiger partial charge in [0.25, 0.3) is 0 Å². The molecule has 0 aliphatic rings. The number of benzene rings is 2. The number of halogens is 1. The predicted octanol–water partition coefficient (Wildman–Crippen LogP) is 5.08. The minimum absolute atomic E-state index is 0.0351. The Morgan fingerprint density at radius 1 is 1.04 bits per heavy atom. The summed E-state index contributed by atoms with van der Waals surface area (Å²) in [6, 6.07) is 14.3. The Hall–Kier alpha value is -2.00. The van der Waals surface area contributed by atoms with Gasteiger partial charge >= 0.3 is 0 Å². The first-order chi connectivity index (χ1) is 11.8. The first-order valence-electron chi connectivity index (χ1n) is 8.87. The van der Waals surface area contributed by atoms with Crippen LogP contribution in [-0.4, -0.2) is 30.3 Å². The Morgan fingerprint density at radius 3 is 2.04 bits per heavy atom. The maximum Gasteiger partial charge on any atom is 0.183 e. The largest absolute Gasteiger partial charge is 0.297 e. The summed E-state index contributed by atoms with van der Waals surface area (Å²) in [5, 5.41) is 0. The number of ketones is 1. The lowest BCUT2D eigenvalue weighted by Gasteiger charge is -2.38. The molecule has 134 valence electrons. The van der Waals surface area contributed by atoms with Crippen LogP contribution < -0.4 is 0 Å². The average molecular weight is 341 g/mol. The number of likely N-dealkylation sites (N-methyl/N-ethyl adjacent to an activating group) is 1. The molecular formula is C22H28FNO. The summed E-state index contributed by atoms with van der Waals surface area (Å²) in [4.78, 5) is 15.3. The fourth-order valence-corrected chi connectivity index (χ4v) is 3.27. The Balaban J connectivity index is 2.36. The van der Waals surface area contributed by atoms with Crippen molar-refractivity contribution < 1.29 is 9.18 Å². The van der Waals surface area contributed by atoms with Crippen LogP contribution in [0.25, 0.3) is 0 Å². The van der Waals surface area contributed by atoms with Crippen LogP contribution in [0, 0.1) is 5.82 Å². The van der Waals surface area contributed by atoms with Gasteiger partial charge in [-0.05, 0) is 68.2 Å². The van der Waals surface area contributed by atoms with Crippen molar-refractivity contribution in [2.75, 3.05) is 14.1 Å². The molecule has 0 radical (unpaired) electrons. The zero-order valence-corrected chi connectivity index (χ0v) is 15.8. The van der Waals surface area contributed by atoms with E-state index in [4.69, 9.17) is 0 Å². The van der Waals surface area contributed by atoms with E-state index >= 15 is 0 Å². The second-order valence-electron chi connectivity index (χ2n) is 7.19. The fourth-order valence-electron chi connectivity index (χ4n) is 3.27. The molecule has 1 atom stereocenters. The van der Waals surface area contributed by atoms with Crippen molar-refractivity contribution in [2.45, 2.75) is 45.1 Å². The Labute approximate surface area is 150 Å². The quantitative estimate of drug-likeness (QED) is 0.654. The predicted molar refractivity (Wildman–Crippen MR) is 102 cm³/mol. The molecule has 25 heavy (non-hydrogen) atoms. The van der Waals surface area contributed by atoms with Gasteiger partial charge in [0.1, 0.15) is 5.82 Å². The van der Waals surface area contributed by atoms with E-state index in [0.717, 1.165) is 5.56 Å². The summed E-state index contributed by atoms with van der Waals surface area (Å²) in [5.41, 5.74) is 2.34. The second kappa shape index (κ2) is 7.92. The van der Waals surface area contributed by atoms with Gasteiger partial charge in [0.15, 0.2) is 5.78 Å². The fraction of sp³-hybridized carbons (Fsp3) is 0.409. The molecule has 2 nitrogen and oxygen atoms in total. The van der Waals surface area contributed by atoms with E-state index < -0.39 is 5.54 Å². The highest BCUT2D eigenvalue weighted by molar-refractivity contribution is 6.03. The number of hydrogen-bond donors (Lipinski definition) is 0. The summed E-state index contributed by atoms with van der Waals surface area (Å²) in [5.74, 6) is 0.195. The van der Waals surface area contributed by atoms with Crippen LogP contribution in [-0.2, 0) is 6.42 Å². The van der Waals surface area contributed by atoms with Crippen LogP contribution >= 0.6 is 0 Å². The number of carbonyl (C=O) groups excluding carboxylic acids is 1. The van der Waals surface area contributed by atoms with E-state index in [1.807, 2.05) is 25.9 Å². The first kappa shape index (κ1) is 19.3. The molecule has 0 aromatic heterocycles. The highest BCUT2D eigenvalue weighted by Crippen LogP contribution is 2.28. The van der Waals surface area contributed by atoms with E-state index in [1.54, 1.807) is 12.1 Å². The third-order valence-corrected chi connectivity index (χ3v) is 5.11. The summed E-state index contributed by atoms with van der Waals surface area (Å²) in [6.45, 7) is 6.37. The van der Waals surface area contributed by atoms with Crippen molar-refractivity contribution >= 4 is 5.78 Å². The van der Waals surface area contributed by atoms with Crippen molar-refractivity contribution in [2.24, 2.45) is 0 Å². The molecule has 0 spiro atoms. The highest BCUT2D eigenvalue weighted by Gasteiger charge is 2.39. The topological polar surface area (TPSA) is 20.3 Å². The SMILES string of the molecule is CCC(Cc1ccc(C(C)C)cc1)(C(=O)c1ccc(F)cc1)N(C)C. The summed E-state index contributed by atoms with van der Waals surface area (Å²) < 4.78 is 13.2. The van der Waals surface area contributed by atoms with Crippen LogP contribution in [0.2, 0.25) is 0 Å². The van der Waals surface area contributed by atoms with Crippen LogP contribution in [0.1, 0.15) is 54.6 Å². The molecule has 0 fully saturated rings. The zero-order valence-electron chi connectivity index (χ0n) is 15.8. The standard InChI is InChI=1S/C22H28FNO/c1-6-22(24(4)5,21(25)19-11-13-20(23)14-12-19)15-17-7-9-18(10-8-17)16(2)3/h7-14,16H,6,15H2,1-5H3. The lowest BCUT2D eigenvalue weighted by molar-refractivity contribution is 0.0666. The van der Waals surface area contributed by atoms with E-state index in [1.165, 1.54) is 17.7 Å². The minimum atomic E-state index is -0.642. The number of hydrogen-bond acceptors (Lipinski definition) is 2. The van der Waals surface area contributed by atoms with Gasteiger partial charge in [-0.2, -0.15) is 0 Å².